The fourth-order valence-corrected chi connectivity index (χ4v) is 4.44. The molecular formula is C28H35N3O4. The summed E-state index contributed by atoms with van der Waals surface area (Å²) in [4.78, 5) is 25.1. The Morgan fingerprint density at radius 2 is 1.74 bits per heavy atom. The average Bonchev–Trinajstić information content (AvgIpc) is 3.26. The van der Waals surface area contributed by atoms with Gasteiger partial charge in [0.05, 0.1) is 24.9 Å². The number of Topliss-reactive ketones (excluding diaryl/α,β-unsaturated/α-hetero) is 1. The number of carbonyl (C=O) groups excluding carboxylic acids is 2. The third-order valence-corrected chi connectivity index (χ3v) is 6.26. The normalized spacial score (nSPS) is 12.3. The van der Waals surface area contributed by atoms with Crippen molar-refractivity contribution in [1.29, 1.82) is 0 Å². The van der Waals surface area contributed by atoms with E-state index in [-0.39, 0.29) is 18.4 Å². The molecular weight excluding hydrogens is 442 g/mol. The van der Waals surface area contributed by atoms with Crippen molar-refractivity contribution in [3.8, 4) is 0 Å². The van der Waals surface area contributed by atoms with Crippen LogP contribution in [0.15, 0.2) is 36.4 Å². The predicted molar refractivity (Wildman–Crippen MR) is 137 cm³/mol. The number of ether oxygens (including phenoxy) is 2. The van der Waals surface area contributed by atoms with Crippen LogP contribution in [-0.2, 0) is 20.8 Å². The van der Waals surface area contributed by atoms with Crippen LogP contribution in [0.4, 0.5) is 0 Å². The SMILES string of the molecule is COCC(C)n1c(C)cc(C(=O)COC(=O)/C=C/c2c(C)nn(Cc3ccc(C)cc3)c2C)c1C. The van der Waals surface area contributed by atoms with Gasteiger partial charge in [-0.05, 0) is 59.2 Å². The first kappa shape index (κ1) is 26.2. The summed E-state index contributed by atoms with van der Waals surface area (Å²) in [6.45, 7) is 12.7. The zero-order chi connectivity index (χ0) is 25.7. The number of aromatic nitrogens is 3. The quantitative estimate of drug-likeness (QED) is 0.235. The summed E-state index contributed by atoms with van der Waals surface area (Å²) in [5.41, 5.74) is 7.40. The number of hydrogen-bond acceptors (Lipinski definition) is 5. The van der Waals surface area contributed by atoms with E-state index in [0.29, 0.717) is 18.7 Å². The summed E-state index contributed by atoms with van der Waals surface area (Å²) in [7, 11) is 1.65. The summed E-state index contributed by atoms with van der Waals surface area (Å²) >= 11 is 0. The fourth-order valence-electron chi connectivity index (χ4n) is 4.44. The summed E-state index contributed by atoms with van der Waals surface area (Å²) in [6, 6.07) is 10.3. The molecule has 3 aromatic rings. The van der Waals surface area contributed by atoms with Crippen molar-refractivity contribution in [3.05, 3.63) is 81.4 Å². The first-order valence-electron chi connectivity index (χ1n) is 11.8. The minimum Gasteiger partial charge on any atom is -0.454 e. The Labute approximate surface area is 207 Å². The first-order chi connectivity index (χ1) is 16.6. The second-order valence-corrected chi connectivity index (χ2v) is 9.05. The summed E-state index contributed by atoms with van der Waals surface area (Å²) in [6.07, 6.45) is 3.05. The number of methoxy groups -OCH3 is 1. The minimum atomic E-state index is -0.565. The van der Waals surface area contributed by atoms with Gasteiger partial charge in [-0.15, -0.1) is 0 Å². The molecule has 0 fully saturated rings. The van der Waals surface area contributed by atoms with E-state index < -0.39 is 5.97 Å². The Kier molecular flexibility index (Phi) is 8.46. The van der Waals surface area contributed by atoms with Crippen molar-refractivity contribution >= 4 is 17.8 Å². The van der Waals surface area contributed by atoms with Crippen LogP contribution in [0.5, 0.6) is 0 Å². The number of ketones is 1. The maximum Gasteiger partial charge on any atom is 0.331 e. The standard InChI is InChI=1S/C28H35N3O4/c1-18-8-10-24(11-9-18)15-30-22(5)25(21(4)29-30)12-13-28(33)35-17-27(32)26-14-19(2)31(23(26)6)20(3)16-34-7/h8-14,20H,15-17H2,1-7H3/b13-12+. The van der Waals surface area contributed by atoms with E-state index in [0.717, 1.165) is 33.9 Å². The molecule has 0 aliphatic heterocycles. The molecule has 0 saturated heterocycles. The molecule has 0 radical (unpaired) electrons. The summed E-state index contributed by atoms with van der Waals surface area (Å²) in [5.74, 6) is -0.793. The lowest BCUT2D eigenvalue weighted by Gasteiger charge is -2.17. The molecule has 7 nitrogen and oxygen atoms in total. The van der Waals surface area contributed by atoms with Gasteiger partial charge >= 0.3 is 5.97 Å². The molecule has 0 aliphatic rings. The van der Waals surface area contributed by atoms with Crippen molar-refractivity contribution in [3.63, 3.8) is 0 Å². The van der Waals surface area contributed by atoms with Crippen LogP contribution >= 0.6 is 0 Å². The van der Waals surface area contributed by atoms with E-state index in [1.165, 1.54) is 11.6 Å². The molecule has 2 aromatic heterocycles. The third kappa shape index (κ3) is 6.17. The highest BCUT2D eigenvalue weighted by molar-refractivity contribution is 6.00. The number of esters is 1. The Balaban J connectivity index is 1.63. The van der Waals surface area contributed by atoms with Gasteiger partial charge in [-0.2, -0.15) is 5.10 Å². The van der Waals surface area contributed by atoms with Gasteiger partial charge in [-0.1, -0.05) is 29.8 Å². The van der Waals surface area contributed by atoms with Gasteiger partial charge in [-0.3, -0.25) is 9.48 Å². The highest BCUT2D eigenvalue weighted by Gasteiger charge is 2.19. The lowest BCUT2D eigenvalue weighted by atomic mass is 10.1. The predicted octanol–water partition coefficient (Wildman–Crippen LogP) is 4.92. The average molecular weight is 478 g/mol. The van der Waals surface area contributed by atoms with Crippen molar-refractivity contribution in [2.75, 3.05) is 20.3 Å². The first-order valence-corrected chi connectivity index (χ1v) is 11.8. The number of carbonyl (C=O) groups is 2. The molecule has 1 aromatic carbocycles. The van der Waals surface area contributed by atoms with Crippen LogP contribution in [0.25, 0.3) is 6.08 Å². The van der Waals surface area contributed by atoms with E-state index in [4.69, 9.17) is 9.47 Å². The van der Waals surface area contributed by atoms with E-state index in [2.05, 4.69) is 40.9 Å². The molecule has 1 atom stereocenters. The van der Waals surface area contributed by atoms with Crippen LogP contribution in [0.2, 0.25) is 0 Å². The van der Waals surface area contributed by atoms with Crippen molar-refractivity contribution in [1.82, 2.24) is 14.3 Å². The van der Waals surface area contributed by atoms with Crippen LogP contribution < -0.4 is 0 Å². The summed E-state index contributed by atoms with van der Waals surface area (Å²) < 4.78 is 14.5. The topological polar surface area (TPSA) is 75.3 Å². The maximum absolute atomic E-state index is 12.7. The zero-order valence-electron chi connectivity index (χ0n) is 21.7. The Bertz CT molecular complexity index is 1230. The third-order valence-electron chi connectivity index (χ3n) is 6.26. The second kappa shape index (κ2) is 11.3. The molecule has 0 amide bonds. The number of rotatable bonds is 10. The van der Waals surface area contributed by atoms with Crippen molar-refractivity contribution < 1.29 is 19.1 Å². The van der Waals surface area contributed by atoms with Gasteiger partial charge in [0, 0.05) is 41.4 Å². The molecule has 7 heteroatoms. The Morgan fingerprint density at radius 1 is 1.06 bits per heavy atom. The van der Waals surface area contributed by atoms with Gasteiger partial charge in [0.2, 0.25) is 5.78 Å². The monoisotopic (exact) mass is 477 g/mol. The van der Waals surface area contributed by atoms with Crippen molar-refractivity contribution in [2.45, 2.75) is 54.1 Å². The van der Waals surface area contributed by atoms with Crippen LogP contribution in [0.1, 0.15) is 62.8 Å². The summed E-state index contributed by atoms with van der Waals surface area (Å²) in [5, 5.41) is 4.62. The van der Waals surface area contributed by atoms with Crippen molar-refractivity contribution in [2.24, 2.45) is 0 Å². The van der Waals surface area contributed by atoms with Crippen LogP contribution in [0.3, 0.4) is 0 Å². The molecule has 0 spiro atoms. The molecule has 1 unspecified atom stereocenters. The molecule has 0 aliphatic carbocycles. The van der Waals surface area contributed by atoms with Crippen LogP contribution in [-0.4, -0.2) is 46.4 Å². The molecule has 0 bridgehead atoms. The number of nitrogens with zero attached hydrogens (tertiary/aromatic N) is 3. The second-order valence-electron chi connectivity index (χ2n) is 9.05. The number of hydrogen-bond donors (Lipinski definition) is 0. The van der Waals surface area contributed by atoms with Gasteiger partial charge < -0.3 is 14.0 Å². The highest BCUT2D eigenvalue weighted by atomic mass is 16.5. The highest BCUT2D eigenvalue weighted by Crippen LogP contribution is 2.21. The zero-order valence-corrected chi connectivity index (χ0v) is 21.7. The fraction of sp³-hybridized carbons (Fsp3) is 0.393. The van der Waals surface area contributed by atoms with Crippen LogP contribution in [0, 0.1) is 34.6 Å². The smallest absolute Gasteiger partial charge is 0.331 e. The maximum atomic E-state index is 12.7. The number of benzene rings is 1. The molecule has 0 saturated carbocycles. The van der Waals surface area contributed by atoms with Gasteiger partial charge in [0.1, 0.15) is 0 Å². The largest absolute Gasteiger partial charge is 0.454 e. The van der Waals surface area contributed by atoms with E-state index >= 15 is 0 Å². The van der Waals surface area contributed by atoms with Gasteiger partial charge in [-0.25, -0.2) is 4.79 Å². The van der Waals surface area contributed by atoms with E-state index in [1.54, 1.807) is 13.2 Å². The molecule has 3 rings (SSSR count). The number of aryl methyl sites for hydroxylation is 3. The van der Waals surface area contributed by atoms with E-state index in [1.807, 2.05) is 45.4 Å². The lowest BCUT2D eigenvalue weighted by molar-refractivity contribution is -0.136. The Hall–Kier alpha value is -3.45. The molecule has 186 valence electrons. The lowest BCUT2D eigenvalue weighted by Crippen LogP contribution is -2.16. The Morgan fingerprint density at radius 3 is 2.40 bits per heavy atom. The van der Waals surface area contributed by atoms with Gasteiger partial charge in [0.15, 0.2) is 6.61 Å². The molecule has 35 heavy (non-hydrogen) atoms. The molecule has 0 N–H and O–H groups in total. The minimum absolute atomic E-state index is 0.102. The molecule has 2 heterocycles. The van der Waals surface area contributed by atoms with Gasteiger partial charge in [0.25, 0.3) is 0 Å². The van der Waals surface area contributed by atoms with E-state index in [9.17, 15) is 9.59 Å².